The van der Waals surface area contributed by atoms with Crippen molar-refractivity contribution in [3.8, 4) is 0 Å². The van der Waals surface area contributed by atoms with Crippen molar-refractivity contribution in [3.63, 3.8) is 0 Å². The number of rotatable bonds is 4. The van der Waals surface area contributed by atoms with Crippen molar-refractivity contribution < 1.29 is 4.79 Å². The Morgan fingerprint density at radius 1 is 1.08 bits per heavy atom. The highest BCUT2D eigenvalue weighted by Gasteiger charge is 2.28. The van der Waals surface area contributed by atoms with Crippen LogP contribution in [0.2, 0.25) is 0 Å². The van der Waals surface area contributed by atoms with Gasteiger partial charge in [-0.3, -0.25) is 4.79 Å². The van der Waals surface area contributed by atoms with Gasteiger partial charge in [-0.15, -0.1) is 0 Å². The van der Waals surface area contributed by atoms with Crippen molar-refractivity contribution in [2.45, 2.75) is 20.8 Å². The molecular formula is C20H20Br2N2O. The van der Waals surface area contributed by atoms with Crippen LogP contribution in [0.3, 0.4) is 0 Å². The van der Waals surface area contributed by atoms with E-state index in [-0.39, 0.29) is 5.91 Å². The Bertz CT molecular complexity index is 853. The summed E-state index contributed by atoms with van der Waals surface area (Å²) in [7, 11) is 0. The maximum Gasteiger partial charge on any atom is 0.256 e. The fraction of sp³-hybridized carbons (Fsp3) is 0.250. The number of hydrogen-bond donors (Lipinski definition) is 1. The quantitative estimate of drug-likeness (QED) is 0.576. The second kappa shape index (κ2) is 7.34. The summed E-state index contributed by atoms with van der Waals surface area (Å²) in [6, 6.07) is 10.3. The van der Waals surface area contributed by atoms with E-state index in [2.05, 4.69) is 80.2 Å². The SMILES string of the molecule is CCN(CC)c1ccc(C=C2C(=O)Nc3c(Br)cc(Br)c(C)c32)cc1. The second-order valence-corrected chi connectivity index (χ2v) is 7.70. The number of carbonyl (C=O) groups is 1. The van der Waals surface area contributed by atoms with E-state index in [4.69, 9.17) is 0 Å². The summed E-state index contributed by atoms with van der Waals surface area (Å²) in [4.78, 5) is 14.8. The van der Waals surface area contributed by atoms with E-state index < -0.39 is 0 Å². The van der Waals surface area contributed by atoms with Crippen LogP contribution in [-0.2, 0) is 4.79 Å². The zero-order chi connectivity index (χ0) is 18.1. The molecule has 0 fully saturated rings. The van der Waals surface area contributed by atoms with Gasteiger partial charge in [-0.1, -0.05) is 28.1 Å². The Kier molecular flexibility index (Phi) is 5.35. The highest BCUT2D eigenvalue weighted by Crippen LogP contribution is 2.43. The lowest BCUT2D eigenvalue weighted by atomic mass is 9.99. The molecule has 0 atom stereocenters. The highest BCUT2D eigenvalue weighted by atomic mass is 79.9. The van der Waals surface area contributed by atoms with Crippen LogP contribution in [0.4, 0.5) is 11.4 Å². The van der Waals surface area contributed by atoms with Crippen LogP contribution < -0.4 is 10.2 Å². The maximum atomic E-state index is 12.5. The lowest BCUT2D eigenvalue weighted by Gasteiger charge is -2.20. The van der Waals surface area contributed by atoms with E-state index in [9.17, 15) is 4.79 Å². The minimum atomic E-state index is -0.0651. The van der Waals surface area contributed by atoms with Gasteiger partial charge >= 0.3 is 0 Å². The normalized spacial score (nSPS) is 14.6. The van der Waals surface area contributed by atoms with Gasteiger partial charge in [0.1, 0.15) is 0 Å². The average molecular weight is 464 g/mol. The standard InChI is InChI=1S/C20H20Br2N2O/c1-4-24(5-2)14-8-6-13(7-9-14)10-15-18-12(3)16(21)11-17(22)19(18)23-20(15)25/h6-11H,4-5H2,1-3H3,(H,23,25). The van der Waals surface area contributed by atoms with Crippen LogP contribution in [0, 0.1) is 6.92 Å². The maximum absolute atomic E-state index is 12.5. The van der Waals surface area contributed by atoms with Gasteiger partial charge in [0.05, 0.1) is 5.69 Å². The summed E-state index contributed by atoms with van der Waals surface area (Å²) in [5.41, 5.74) is 5.78. The third-order valence-electron chi connectivity index (χ3n) is 4.56. The molecule has 0 saturated carbocycles. The Labute approximate surface area is 165 Å². The molecule has 2 aromatic carbocycles. The first kappa shape index (κ1) is 18.2. The molecule has 0 bridgehead atoms. The summed E-state index contributed by atoms with van der Waals surface area (Å²) in [5.74, 6) is -0.0651. The van der Waals surface area contributed by atoms with E-state index in [0.717, 1.165) is 44.4 Å². The van der Waals surface area contributed by atoms with Gasteiger partial charge in [0.25, 0.3) is 5.91 Å². The molecule has 0 unspecified atom stereocenters. The summed E-state index contributed by atoms with van der Waals surface area (Å²) >= 11 is 7.11. The van der Waals surface area contributed by atoms with Crippen molar-refractivity contribution >= 4 is 60.8 Å². The smallest absolute Gasteiger partial charge is 0.256 e. The van der Waals surface area contributed by atoms with Crippen LogP contribution in [-0.4, -0.2) is 19.0 Å². The van der Waals surface area contributed by atoms with Gasteiger partial charge < -0.3 is 10.2 Å². The van der Waals surface area contributed by atoms with Gasteiger partial charge in [-0.05, 0) is 72.1 Å². The number of halogens is 2. The molecule has 0 spiro atoms. The fourth-order valence-electron chi connectivity index (χ4n) is 3.15. The number of benzene rings is 2. The fourth-order valence-corrected chi connectivity index (χ4v) is 4.41. The van der Waals surface area contributed by atoms with Gasteiger partial charge in [-0.2, -0.15) is 0 Å². The second-order valence-electron chi connectivity index (χ2n) is 5.99. The number of hydrogen-bond acceptors (Lipinski definition) is 2. The third kappa shape index (κ3) is 3.40. The number of anilines is 2. The van der Waals surface area contributed by atoms with Crippen molar-refractivity contribution in [1.82, 2.24) is 0 Å². The van der Waals surface area contributed by atoms with Crippen molar-refractivity contribution in [2.24, 2.45) is 0 Å². The lowest BCUT2D eigenvalue weighted by Crippen LogP contribution is -2.21. The Balaban J connectivity index is 2.02. The van der Waals surface area contributed by atoms with E-state index in [1.165, 1.54) is 5.69 Å². The molecule has 0 saturated heterocycles. The predicted octanol–water partition coefficient (Wildman–Crippen LogP) is 5.86. The van der Waals surface area contributed by atoms with Gasteiger partial charge in [0, 0.05) is 38.9 Å². The minimum absolute atomic E-state index is 0.0651. The largest absolute Gasteiger partial charge is 0.372 e. The molecule has 5 heteroatoms. The molecule has 1 N–H and O–H groups in total. The molecule has 130 valence electrons. The third-order valence-corrected chi connectivity index (χ3v) is 6.01. The molecule has 0 radical (unpaired) electrons. The number of nitrogens with zero attached hydrogens (tertiary/aromatic N) is 1. The number of carbonyl (C=O) groups excluding carboxylic acids is 1. The van der Waals surface area contributed by atoms with Crippen molar-refractivity contribution in [3.05, 3.63) is 56.0 Å². The minimum Gasteiger partial charge on any atom is -0.372 e. The zero-order valence-electron chi connectivity index (χ0n) is 14.5. The van der Waals surface area contributed by atoms with Crippen LogP contribution in [0.15, 0.2) is 39.3 Å². The molecule has 1 amide bonds. The molecule has 0 aromatic heterocycles. The topological polar surface area (TPSA) is 32.3 Å². The molecule has 1 heterocycles. The first-order valence-electron chi connectivity index (χ1n) is 8.33. The van der Waals surface area contributed by atoms with Crippen LogP contribution >= 0.6 is 31.9 Å². The van der Waals surface area contributed by atoms with Crippen LogP contribution in [0.25, 0.3) is 11.6 Å². The van der Waals surface area contributed by atoms with Crippen molar-refractivity contribution in [2.75, 3.05) is 23.3 Å². The average Bonchev–Trinajstić information content (AvgIpc) is 2.93. The van der Waals surface area contributed by atoms with Gasteiger partial charge in [-0.25, -0.2) is 0 Å². The molecule has 25 heavy (non-hydrogen) atoms. The summed E-state index contributed by atoms with van der Waals surface area (Å²) in [6.45, 7) is 8.28. The first-order chi connectivity index (χ1) is 12.0. The van der Waals surface area contributed by atoms with Crippen molar-refractivity contribution in [1.29, 1.82) is 0 Å². The number of fused-ring (bicyclic) bond motifs is 1. The van der Waals surface area contributed by atoms with E-state index in [1.807, 2.05) is 19.1 Å². The molecular weight excluding hydrogens is 444 g/mol. The summed E-state index contributed by atoms with van der Waals surface area (Å²) in [6.07, 6.45) is 1.96. The number of nitrogens with one attached hydrogen (secondary N) is 1. The zero-order valence-corrected chi connectivity index (χ0v) is 17.7. The Morgan fingerprint density at radius 2 is 1.72 bits per heavy atom. The summed E-state index contributed by atoms with van der Waals surface area (Å²) < 4.78 is 1.87. The summed E-state index contributed by atoms with van der Waals surface area (Å²) in [5, 5.41) is 2.97. The van der Waals surface area contributed by atoms with Gasteiger partial charge in [0.15, 0.2) is 0 Å². The Hall–Kier alpha value is -1.59. The monoisotopic (exact) mass is 462 g/mol. The highest BCUT2D eigenvalue weighted by molar-refractivity contribution is 9.11. The predicted molar refractivity (Wildman–Crippen MR) is 113 cm³/mol. The first-order valence-corrected chi connectivity index (χ1v) is 9.91. The Morgan fingerprint density at radius 3 is 2.32 bits per heavy atom. The molecule has 3 rings (SSSR count). The molecule has 3 nitrogen and oxygen atoms in total. The van der Waals surface area contributed by atoms with E-state index >= 15 is 0 Å². The van der Waals surface area contributed by atoms with Crippen LogP contribution in [0.5, 0.6) is 0 Å². The molecule has 1 aliphatic heterocycles. The molecule has 0 aliphatic carbocycles. The van der Waals surface area contributed by atoms with Gasteiger partial charge in [0.2, 0.25) is 0 Å². The van der Waals surface area contributed by atoms with Crippen LogP contribution in [0.1, 0.15) is 30.5 Å². The lowest BCUT2D eigenvalue weighted by molar-refractivity contribution is -0.110. The molecule has 2 aromatic rings. The molecule has 1 aliphatic rings. The van der Waals surface area contributed by atoms with E-state index in [1.54, 1.807) is 0 Å². The number of amides is 1. The van der Waals surface area contributed by atoms with E-state index in [0.29, 0.717) is 5.57 Å².